The molecule has 0 saturated carbocycles. The zero-order valence-corrected chi connectivity index (χ0v) is 12.6. The Bertz CT molecular complexity index is 604. The van der Waals surface area contributed by atoms with E-state index in [1.807, 2.05) is 49.7 Å². The minimum atomic E-state index is -0.682. The SMILES string of the molecule is CCC(CC)(OC)C(=O)Cc1nc2ccccc2n1C. The maximum atomic E-state index is 12.6. The van der Waals surface area contributed by atoms with Gasteiger partial charge in [0.15, 0.2) is 5.78 Å². The number of Topliss-reactive ketones (excluding diaryl/α,β-unsaturated/α-hetero) is 1. The second-order valence-electron chi connectivity index (χ2n) is 5.08. The minimum Gasteiger partial charge on any atom is -0.370 e. The first-order valence-corrected chi connectivity index (χ1v) is 7.06. The van der Waals surface area contributed by atoms with Gasteiger partial charge in [0.25, 0.3) is 0 Å². The van der Waals surface area contributed by atoms with E-state index in [1.165, 1.54) is 0 Å². The number of aromatic nitrogens is 2. The van der Waals surface area contributed by atoms with Gasteiger partial charge in [-0.2, -0.15) is 0 Å². The van der Waals surface area contributed by atoms with Crippen LogP contribution >= 0.6 is 0 Å². The van der Waals surface area contributed by atoms with Crippen LogP contribution in [0, 0.1) is 0 Å². The molecule has 0 spiro atoms. The molecule has 0 aliphatic rings. The third kappa shape index (κ3) is 2.36. The fourth-order valence-corrected chi connectivity index (χ4v) is 2.71. The summed E-state index contributed by atoms with van der Waals surface area (Å²) in [6, 6.07) is 7.91. The number of aryl methyl sites for hydroxylation is 1. The number of imidazole rings is 1. The largest absolute Gasteiger partial charge is 0.370 e. The number of fused-ring (bicyclic) bond motifs is 1. The fraction of sp³-hybridized carbons (Fsp3) is 0.500. The van der Waals surface area contributed by atoms with Crippen LogP contribution in [0.4, 0.5) is 0 Å². The molecule has 0 aliphatic carbocycles. The molecule has 1 heterocycles. The van der Waals surface area contributed by atoms with Crippen LogP contribution in [0.3, 0.4) is 0 Å². The molecule has 1 aromatic heterocycles. The van der Waals surface area contributed by atoms with E-state index in [0.29, 0.717) is 19.3 Å². The molecule has 0 fully saturated rings. The van der Waals surface area contributed by atoms with Gasteiger partial charge >= 0.3 is 0 Å². The predicted octanol–water partition coefficient (Wildman–Crippen LogP) is 2.89. The van der Waals surface area contributed by atoms with Crippen molar-refractivity contribution in [1.82, 2.24) is 9.55 Å². The summed E-state index contributed by atoms with van der Waals surface area (Å²) in [4.78, 5) is 17.1. The second kappa shape index (κ2) is 5.75. The van der Waals surface area contributed by atoms with Gasteiger partial charge in [-0.25, -0.2) is 4.98 Å². The zero-order valence-electron chi connectivity index (χ0n) is 12.6. The maximum Gasteiger partial charge on any atom is 0.172 e. The maximum absolute atomic E-state index is 12.6. The number of benzene rings is 1. The van der Waals surface area contributed by atoms with Gasteiger partial charge in [0.05, 0.1) is 17.5 Å². The van der Waals surface area contributed by atoms with Gasteiger partial charge < -0.3 is 9.30 Å². The number of hydrogen-bond acceptors (Lipinski definition) is 3. The van der Waals surface area contributed by atoms with Crippen molar-refractivity contribution < 1.29 is 9.53 Å². The minimum absolute atomic E-state index is 0.100. The van der Waals surface area contributed by atoms with Crippen LogP contribution in [0.2, 0.25) is 0 Å². The first-order valence-electron chi connectivity index (χ1n) is 7.06. The fourth-order valence-electron chi connectivity index (χ4n) is 2.71. The van der Waals surface area contributed by atoms with Gasteiger partial charge in [-0.1, -0.05) is 26.0 Å². The molecule has 1 aromatic carbocycles. The monoisotopic (exact) mass is 274 g/mol. The number of ether oxygens (including phenoxy) is 1. The molecule has 2 rings (SSSR count). The van der Waals surface area contributed by atoms with Crippen molar-refractivity contribution in [2.75, 3.05) is 7.11 Å². The molecule has 108 valence electrons. The summed E-state index contributed by atoms with van der Waals surface area (Å²) in [5.74, 6) is 0.892. The molecule has 0 N–H and O–H groups in total. The van der Waals surface area contributed by atoms with E-state index < -0.39 is 5.60 Å². The highest BCUT2D eigenvalue weighted by molar-refractivity contribution is 5.89. The van der Waals surface area contributed by atoms with E-state index in [1.54, 1.807) is 7.11 Å². The zero-order chi connectivity index (χ0) is 14.8. The number of nitrogens with zero attached hydrogens (tertiary/aromatic N) is 2. The van der Waals surface area contributed by atoms with Crippen molar-refractivity contribution in [2.24, 2.45) is 7.05 Å². The molecular weight excluding hydrogens is 252 g/mol. The van der Waals surface area contributed by atoms with Crippen LogP contribution < -0.4 is 0 Å². The van der Waals surface area contributed by atoms with E-state index in [-0.39, 0.29) is 5.78 Å². The standard InChI is InChI=1S/C16H22N2O2/c1-5-16(6-2,20-4)14(19)11-15-17-12-9-7-8-10-13(12)18(15)3/h7-10H,5-6,11H2,1-4H3. The molecule has 0 unspecified atom stereocenters. The summed E-state index contributed by atoms with van der Waals surface area (Å²) in [6.07, 6.45) is 1.67. The highest BCUT2D eigenvalue weighted by Crippen LogP contribution is 2.23. The lowest BCUT2D eigenvalue weighted by atomic mass is 9.90. The average molecular weight is 274 g/mol. The van der Waals surface area contributed by atoms with Crippen LogP contribution in [-0.4, -0.2) is 28.0 Å². The lowest BCUT2D eigenvalue weighted by Crippen LogP contribution is -2.41. The molecule has 0 radical (unpaired) electrons. The third-order valence-corrected chi connectivity index (χ3v) is 4.24. The Hall–Kier alpha value is -1.68. The number of carbonyl (C=O) groups is 1. The Balaban J connectivity index is 2.32. The Morgan fingerprint density at radius 1 is 1.30 bits per heavy atom. The van der Waals surface area contributed by atoms with Crippen LogP contribution in [0.25, 0.3) is 11.0 Å². The molecule has 0 aliphatic heterocycles. The Kier molecular flexibility index (Phi) is 4.23. The predicted molar refractivity (Wildman–Crippen MR) is 79.7 cm³/mol. The number of methoxy groups -OCH3 is 1. The summed E-state index contributed by atoms with van der Waals surface area (Å²) >= 11 is 0. The van der Waals surface area contributed by atoms with Crippen molar-refractivity contribution in [3.05, 3.63) is 30.1 Å². The van der Waals surface area contributed by atoms with Crippen LogP contribution in [0.5, 0.6) is 0 Å². The van der Waals surface area contributed by atoms with E-state index in [2.05, 4.69) is 4.98 Å². The molecule has 0 saturated heterocycles. The molecule has 0 bridgehead atoms. The summed E-state index contributed by atoms with van der Waals surface area (Å²) in [5.41, 5.74) is 1.29. The van der Waals surface area contributed by atoms with Crippen LogP contribution in [-0.2, 0) is 23.0 Å². The lowest BCUT2D eigenvalue weighted by molar-refractivity contribution is -0.141. The molecule has 20 heavy (non-hydrogen) atoms. The van der Waals surface area contributed by atoms with Gasteiger partial charge in [0.2, 0.25) is 0 Å². The normalized spacial score (nSPS) is 12.0. The third-order valence-electron chi connectivity index (χ3n) is 4.24. The number of rotatable bonds is 6. The van der Waals surface area contributed by atoms with Crippen molar-refractivity contribution in [1.29, 1.82) is 0 Å². The molecule has 0 amide bonds. The van der Waals surface area contributed by atoms with Gasteiger partial charge in [-0.15, -0.1) is 0 Å². The first kappa shape index (κ1) is 14.7. The quantitative estimate of drug-likeness (QED) is 0.813. The lowest BCUT2D eigenvalue weighted by Gasteiger charge is -2.28. The Labute approximate surface area is 119 Å². The second-order valence-corrected chi connectivity index (χ2v) is 5.08. The number of carbonyl (C=O) groups excluding carboxylic acids is 1. The van der Waals surface area contributed by atoms with Crippen LogP contribution in [0.15, 0.2) is 24.3 Å². The average Bonchev–Trinajstić information content (AvgIpc) is 2.78. The molecular formula is C16H22N2O2. The summed E-state index contributed by atoms with van der Waals surface area (Å²) in [6.45, 7) is 3.97. The van der Waals surface area contributed by atoms with Crippen molar-refractivity contribution in [3.63, 3.8) is 0 Å². The number of para-hydroxylation sites is 2. The summed E-state index contributed by atoms with van der Waals surface area (Å²) in [5, 5.41) is 0. The van der Waals surface area contributed by atoms with Gasteiger partial charge in [-0.3, -0.25) is 4.79 Å². The number of hydrogen-bond donors (Lipinski definition) is 0. The van der Waals surface area contributed by atoms with Gasteiger partial charge in [-0.05, 0) is 25.0 Å². The number of ketones is 1. The molecule has 4 heteroatoms. The molecule has 4 nitrogen and oxygen atoms in total. The van der Waals surface area contributed by atoms with E-state index in [9.17, 15) is 4.79 Å². The topological polar surface area (TPSA) is 44.1 Å². The van der Waals surface area contributed by atoms with Crippen molar-refractivity contribution >= 4 is 16.8 Å². The van der Waals surface area contributed by atoms with Crippen molar-refractivity contribution in [3.8, 4) is 0 Å². The van der Waals surface area contributed by atoms with E-state index in [4.69, 9.17) is 4.74 Å². The van der Waals surface area contributed by atoms with Crippen LogP contribution in [0.1, 0.15) is 32.5 Å². The highest BCUT2D eigenvalue weighted by Gasteiger charge is 2.35. The molecule has 0 atom stereocenters. The van der Waals surface area contributed by atoms with Crippen molar-refractivity contribution in [2.45, 2.75) is 38.7 Å². The summed E-state index contributed by atoms with van der Waals surface area (Å²) < 4.78 is 7.48. The Morgan fingerprint density at radius 2 is 1.95 bits per heavy atom. The molecule has 2 aromatic rings. The summed E-state index contributed by atoms with van der Waals surface area (Å²) in [7, 11) is 3.56. The van der Waals surface area contributed by atoms with Gasteiger partial charge in [0.1, 0.15) is 11.4 Å². The van der Waals surface area contributed by atoms with E-state index in [0.717, 1.165) is 16.9 Å². The Morgan fingerprint density at radius 3 is 2.50 bits per heavy atom. The first-order chi connectivity index (χ1) is 9.57. The smallest absolute Gasteiger partial charge is 0.172 e. The van der Waals surface area contributed by atoms with Gasteiger partial charge in [0, 0.05) is 14.2 Å². The highest BCUT2D eigenvalue weighted by atomic mass is 16.5. The van der Waals surface area contributed by atoms with E-state index >= 15 is 0 Å².